The van der Waals surface area contributed by atoms with Gasteiger partial charge in [0.2, 0.25) is 6.29 Å². The van der Waals surface area contributed by atoms with Gasteiger partial charge in [-0.15, -0.1) is 0 Å². The largest absolute Gasteiger partial charge is 0.289 e. The molecule has 4 heteroatoms. The summed E-state index contributed by atoms with van der Waals surface area (Å²) in [6, 6.07) is 0. The molecule has 0 spiro atoms. The highest BCUT2D eigenvalue weighted by Gasteiger charge is 1.95. The smallest absolute Gasteiger partial charge is 0.221 e. The maximum atomic E-state index is 9.79. The van der Waals surface area contributed by atoms with Gasteiger partial charge < -0.3 is 0 Å². The third-order valence-corrected chi connectivity index (χ3v) is 0.866. The fraction of sp³-hybridized carbons (Fsp3) is 0.200. The van der Waals surface area contributed by atoms with E-state index in [9.17, 15) is 4.79 Å². The highest BCUT2D eigenvalue weighted by Crippen LogP contribution is 1.85. The van der Waals surface area contributed by atoms with Crippen LogP contribution in [0.15, 0.2) is 17.4 Å². The molecule has 0 atom stereocenters. The van der Waals surface area contributed by atoms with Gasteiger partial charge in [-0.05, 0) is 0 Å². The number of hydrogen-bond donors (Lipinski definition) is 1. The lowest BCUT2D eigenvalue weighted by Gasteiger charge is -2.17. The number of rotatable bonds is 2. The van der Waals surface area contributed by atoms with Crippen LogP contribution in [0.1, 0.15) is 0 Å². The first-order valence-electron chi connectivity index (χ1n) is 2.49. The molecule has 47 valence electrons. The van der Waals surface area contributed by atoms with E-state index in [0.717, 1.165) is 0 Å². The summed E-state index contributed by atoms with van der Waals surface area (Å²) in [7, 11) is 0. The van der Waals surface area contributed by atoms with Crippen molar-refractivity contribution >= 4 is 12.6 Å². The predicted molar refractivity (Wildman–Crippen MR) is 33.2 cm³/mol. The highest BCUT2D eigenvalue weighted by molar-refractivity contribution is 5.58. The van der Waals surface area contributed by atoms with Crippen molar-refractivity contribution in [2.45, 2.75) is 0 Å². The van der Waals surface area contributed by atoms with E-state index < -0.39 is 0 Å². The fourth-order valence-electron chi connectivity index (χ4n) is 0.480. The zero-order chi connectivity index (χ0) is 6.53. The van der Waals surface area contributed by atoms with Crippen molar-refractivity contribution < 1.29 is 4.79 Å². The van der Waals surface area contributed by atoms with E-state index in [2.05, 4.69) is 10.4 Å². The minimum atomic E-state index is 0.225. The second-order valence-corrected chi connectivity index (χ2v) is 1.48. The number of nitrogens with zero attached hydrogens (tertiary/aromatic N) is 2. The van der Waals surface area contributed by atoms with E-state index in [4.69, 9.17) is 0 Å². The van der Waals surface area contributed by atoms with Gasteiger partial charge in [-0.3, -0.25) is 15.2 Å². The second-order valence-electron chi connectivity index (χ2n) is 1.48. The normalized spacial score (nSPS) is 15.3. The maximum Gasteiger partial charge on any atom is 0.221 e. The second kappa shape index (κ2) is 2.86. The first-order valence-corrected chi connectivity index (χ1v) is 2.49. The molecule has 0 aromatic heterocycles. The average molecular weight is 124 g/mol. The molecule has 4 nitrogen and oxygen atoms in total. The van der Waals surface area contributed by atoms with Crippen LogP contribution in [-0.2, 0) is 4.79 Å². The zero-order valence-corrected chi connectivity index (χ0v) is 4.74. The summed E-state index contributed by atoms with van der Waals surface area (Å²) in [5.74, 6) is 0. The van der Waals surface area contributed by atoms with Crippen LogP contribution >= 0.6 is 0 Å². The van der Waals surface area contributed by atoms with E-state index in [1.54, 1.807) is 23.7 Å². The fourth-order valence-corrected chi connectivity index (χ4v) is 0.480. The van der Waals surface area contributed by atoms with E-state index >= 15 is 0 Å². The molecule has 0 aromatic rings. The summed E-state index contributed by atoms with van der Waals surface area (Å²) in [6.07, 6.45) is 6.48. The van der Waals surface area contributed by atoms with Gasteiger partial charge in [0.15, 0.2) is 0 Å². The van der Waals surface area contributed by atoms with Crippen LogP contribution in [0.25, 0.3) is 0 Å². The summed E-state index contributed by atoms with van der Waals surface area (Å²) in [5, 5.41) is 1.57. The topological polar surface area (TPSA) is 44.7 Å². The molecule has 1 aliphatic heterocycles. The number of nitrogens with one attached hydrogen (secondary N) is 1. The summed E-state index contributed by atoms with van der Waals surface area (Å²) < 4.78 is 0. The third kappa shape index (κ3) is 1.56. The van der Waals surface area contributed by atoms with Gasteiger partial charge >= 0.3 is 0 Å². The molecule has 0 fully saturated rings. The van der Waals surface area contributed by atoms with E-state index in [1.807, 2.05) is 0 Å². The van der Waals surface area contributed by atoms with Gasteiger partial charge in [0, 0.05) is 12.4 Å². The molecule has 1 heterocycles. The Bertz CT molecular complexity index is 150. The lowest BCUT2D eigenvalue weighted by Crippen LogP contribution is -2.35. The van der Waals surface area contributed by atoms with E-state index in [-0.39, 0.29) is 6.54 Å². The lowest BCUT2D eigenvalue weighted by molar-refractivity contribution is 0.370. The van der Waals surface area contributed by atoms with Gasteiger partial charge in [-0.1, -0.05) is 0 Å². The molecular weight excluding hydrogens is 118 g/mol. The highest BCUT2D eigenvalue weighted by atomic mass is 16.1. The van der Waals surface area contributed by atoms with Gasteiger partial charge in [0.1, 0.15) is 12.9 Å². The van der Waals surface area contributed by atoms with Gasteiger partial charge in [0.05, 0.1) is 0 Å². The molecule has 0 bridgehead atoms. The first-order chi connectivity index (χ1) is 4.43. The third-order valence-electron chi connectivity index (χ3n) is 0.866. The van der Waals surface area contributed by atoms with Crippen LogP contribution in [0.3, 0.4) is 0 Å². The van der Waals surface area contributed by atoms with Gasteiger partial charge in [0.25, 0.3) is 0 Å². The molecular formula is C5H6N3O. The molecule has 0 aliphatic carbocycles. The van der Waals surface area contributed by atoms with Crippen LogP contribution in [-0.4, -0.2) is 24.2 Å². The minimum absolute atomic E-state index is 0.225. The van der Waals surface area contributed by atoms with Crippen molar-refractivity contribution in [3.63, 3.8) is 0 Å². The Balaban J connectivity index is 2.36. The molecule has 0 unspecified atom stereocenters. The number of hydrogen-bond acceptors (Lipinski definition) is 4. The van der Waals surface area contributed by atoms with Crippen LogP contribution in [0.5, 0.6) is 0 Å². The standard InChI is InChI=1S/C5H6N3O/c9-4-3-8-2-1-6-5-7-8/h1-2,5H,3H2,(H,6,7). The zero-order valence-electron chi connectivity index (χ0n) is 4.74. The number of aliphatic imine (C=N–C) groups is 1. The maximum absolute atomic E-state index is 9.79. The Morgan fingerprint density at radius 1 is 1.78 bits per heavy atom. The monoisotopic (exact) mass is 124 g/mol. The van der Waals surface area contributed by atoms with Crippen LogP contribution in [0, 0.1) is 0 Å². The van der Waals surface area contributed by atoms with Crippen molar-refractivity contribution in [1.82, 2.24) is 10.4 Å². The predicted octanol–water partition coefficient (Wildman–Crippen LogP) is -0.584. The molecule has 0 aromatic carbocycles. The van der Waals surface area contributed by atoms with Crippen molar-refractivity contribution in [3.8, 4) is 0 Å². The Morgan fingerprint density at radius 3 is 3.22 bits per heavy atom. The van der Waals surface area contributed by atoms with Crippen molar-refractivity contribution in [2.75, 3.05) is 6.54 Å². The Hall–Kier alpha value is -1.32. The molecule has 9 heavy (non-hydrogen) atoms. The number of carbonyl (C=O) groups excluding carboxylic acids is 1. The molecule has 0 amide bonds. The van der Waals surface area contributed by atoms with Crippen LogP contribution < -0.4 is 5.43 Å². The van der Waals surface area contributed by atoms with Gasteiger partial charge in [-0.2, -0.15) is 0 Å². The summed E-state index contributed by atoms with van der Waals surface area (Å²) in [4.78, 5) is 13.5. The molecule has 0 saturated heterocycles. The summed E-state index contributed by atoms with van der Waals surface area (Å²) in [5.41, 5.74) is 2.71. The minimum Gasteiger partial charge on any atom is -0.289 e. The molecule has 1 radical (unpaired) electrons. The van der Waals surface area contributed by atoms with E-state index in [0.29, 0.717) is 0 Å². The number of hydrazine groups is 1. The molecule has 0 saturated carbocycles. The van der Waals surface area contributed by atoms with Crippen LogP contribution in [0.2, 0.25) is 0 Å². The summed E-state index contributed by atoms with van der Waals surface area (Å²) >= 11 is 0. The van der Waals surface area contributed by atoms with Gasteiger partial charge in [-0.25, -0.2) is 4.99 Å². The van der Waals surface area contributed by atoms with Crippen molar-refractivity contribution in [3.05, 3.63) is 12.4 Å². The Kier molecular flexibility index (Phi) is 1.85. The van der Waals surface area contributed by atoms with Crippen molar-refractivity contribution in [1.29, 1.82) is 0 Å². The Morgan fingerprint density at radius 2 is 2.67 bits per heavy atom. The molecule has 1 N–H and O–H groups in total. The molecule has 1 aliphatic rings. The quantitative estimate of drug-likeness (QED) is 0.535. The summed E-state index contributed by atoms with van der Waals surface area (Å²) in [6.45, 7) is 0.225. The van der Waals surface area contributed by atoms with E-state index in [1.165, 1.54) is 6.34 Å². The van der Waals surface area contributed by atoms with Crippen LogP contribution in [0.4, 0.5) is 0 Å². The molecule has 1 rings (SSSR count). The lowest BCUT2D eigenvalue weighted by atomic mass is 10.6. The van der Waals surface area contributed by atoms with Crippen molar-refractivity contribution in [2.24, 2.45) is 4.99 Å². The Labute approximate surface area is 52.8 Å². The SMILES string of the molecule is O=[C]CN1C=CN=CN1. The average Bonchev–Trinajstić information content (AvgIpc) is 1.91. The first kappa shape index (κ1) is 5.81.